The maximum atomic E-state index is 11.3. The smallest absolute Gasteiger partial charge is 0.133 e. The predicted molar refractivity (Wildman–Crippen MR) is 63.8 cm³/mol. The number of hydrogen-bond donors (Lipinski definition) is 0. The van der Waals surface area contributed by atoms with E-state index in [4.69, 9.17) is 4.74 Å². The summed E-state index contributed by atoms with van der Waals surface area (Å²) in [6.07, 6.45) is 3.41. The fourth-order valence-corrected chi connectivity index (χ4v) is 2.24. The van der Waals surface area contributed by atoms with Crippen molar-refractivity contribution in [3.8, 4) is 5.75 Å². The molecule has 2 rings (SSSR count). The SMILES string of the molecule is CCCOc1ccccc1C1CCC(=O)C1. The van der Waals surface area contributed by atoms with E-state index in [2.05, 4.69) is 13.0 Å². The van der Waals surface area contributed by atoms with E-state index in [9.17, 15) is 4.79 Å². The standard InChI is InChI=1S/C14H18O2/c1-2-9-16-14-6-4-3-5-13(14)11-7-8-12(15)10-11/h3-6,11H,2,7-10H2,1H3. The Kier molecular flexibility index (Phi) is 3.60. The van der Waals surface area contributed by atoms with Crippen LogP contribution in [0.25, 0.3) is 0 Å². The first-order chi connectivity index (χ1) is 7.81. The van der Waals surface area contributed by atoms with Crippen LogP contribution in [-0.2, 0) is 4.79 Å². The molecule has 1 aromatic carbocycles. The number of carbonyl (C=O) groups is 1. The summed E-state index contributed by atoms with van der Waals surface area (Å²) >= 11 is 0. The van der Waals surface area contributed by atoms with E-state index in [0.717, 1.165) is 31.6 Å². The van der Waals surface area contributed by atoms with Gasteiger partial charge in [0.15, 0.2) is 0 Å². The van der Waals surface area contributed by atoms with Crippen LogP contribution in [0.1, 0.15) is 44.1 Å². The van der Waals surface area contributed by atoms with E-state index in [1.165, 1.54) is 5.56 Å². The van der Waals surface area contributed by atoms with Crippen LogP contribution >= 0.6 is 0 Å². The highest BCUT2D eigenvalue weighted by Gasteiger charge is 2.25. The molecular weight excluding hydrogens is 200 g/mol. The summed E-state index contributed by atoms with van der Waals surface area (Å²) < 4.78 is 5.72. The maximum absolute atomic E-state index is 11.3. The lowest BCUT2D eigenvalue weighted by Crippen LogP contribution is -2.02. The molecule has 16 heavy (non-hydrogen) atoms. The highest BCUT2D eigenvalue weighted by Crippen LogP contribution is 2.37. The van der Waals surface area contributed by atoms with Gasteiger partial charge in [0.2, 0.25) is 0 Å². The number of carbonyl (C=O) groups excluding carboxylic acids is 1. The van der Waals surface area contributed by atoms with Crippen molar-refractivity contribution in [2.45, 2.75) is 38.5 Å². The van der Waals surface area contributed by atoms with Crippen molar-refractivity contribution >= 4 is 5.78 Å². The maximum Gasteiger partial charge on any atom is 0.133 e. The molecule has 2 nitrogen and oxygen atoms in total. The summed E-state index contributed by atoms with van der Waals surface area (Å²) in [5, 5.41) is 0. The van der Waals surface area contributed by atoms with Crippen LogP contribution in [0, 0.1) is 0 Å². The van der Waals surface area contributed by atoms with Crippen molar-refractivity contribution < 1.29 is 9.53 Å². The second-order valence-corrected chi connectivity index (χ2v) is 4.36. The number of para-hydroxylation sites is 1. The Morgan fingerprint density at radius 2 is 2.19 bits per heavy atom. The van der Waals surface area contributed by atoms with Gasteiger partial charge >= 0.3 is 0 Å². The Morgan fingerprint density at radius 1 is 1.38 bits per heavy atom. The zero-order valence-corrected chi connectivity index (χ0v) is 9.74. The molecule has 0 saturated heterocycles. The molecule has 1 unspecified atom stereocenters. The van der Waals surface area contributed by atoms with Crippen molar-refractivity contribution in [2.24, 2.45) is 0 Å². The summed E-state index contributed by atoms with van der Waals surface area (Å²) in [5.41, 5.74) is 1.21. The van der Waals surface area contributed by atoms with Gasteiger partial charge in [0, 0.05) is 12.8 Å². The lowest BCUT2D eigenvalue weighted by atomic mass is 9.97. The van der Waals surface area contributed by atoms with E-state index in [1.807, 2.05) is 18.2 Å². The average molecular weight is 218 g/mol. The molecule has 1 aliphatic rings. The second kappa shape index (κ2) is 5.15. The molecule has 0 radical (unpaired) electrons. The lowest BCUT2D eigenvalue weighted by Gasteiger charge is -2.14. The Balaban J connectivity index is 2.15. The van der Waals surface area contributed by atoms with Crippen molar-refractivity contribution in [1.82, 2.24) is 0 Å². The molecule has 1 atom stereocenters. The van der Waals surface area contributed by atoms with Gasteiger partial charge in [0.25, 0.3) is 0 Å². The highest BCUT2D eigenvalue weighted by molar-refractivity contribution is 5.81. The first kappa shape index (κ1) is 11.2. The van der Waals surface area contributed by atoms with Gasteiger partial charge in [-0.05, 0) is 30.4 Å². The highest BCUT2D eigenvalue weighted by atomic mass is 16.5. The van der Waals surface area contributed by atoms with Gasteiger partial charge in [0.1, 0.15) is 11.5 Å². The second-order valence-electron chi connectivity index (χ2n) is 4.36. The molecule has 0 spiro atoms. The topological polar surface area (TPSA) is 26.3 Å². The van der Waals surface area contributed by atoms with E-state index in [0.29, 0.717) is 18.1 Å². The van der Waals surface area contributed by atoms with E-state index < -0.39 is 0 Å². The van der Waals surface area contributed by atoms with Crippen LogP contribution in [0.4, 0.5) is 0 Å². The molecule has 86 valence electrons. The van der Waals surface area contributed by atoms with Crippen LogP contribution in [-0.4, -0.2) is 12.4 Å². The van der Waals surface area contributed by atoms with Crippen molar-refractivity contribution in [3.63, 3.8) is 0 Å². The fraction of sp³-hybridized carbons (Fsp3) is 0.500. The molecule has 1 fully saturated rings. The Morgan fingerprint density at radius 3 is 2.88 bits per heavy atom. The number of Topliss-reactive ketones (excluding diaryl/α,β-unsaturated/α-hetero) is 1. The first-order valence-corrected chi connectivity index (χ1v) is 6.04. The average Bonchev–Trinajstić information content (AvgIpc) is 2.73. The van der Waals surface area contributed by atoms with Gasteiger partial charge in [-0.25, -0.2) is 0 Å². The summed E-state index contributed by atoms with van der Waals surface area (Å²) in [5.74, 6) is 1.72. The Labute approximate surface area is 96.6 Å². The molecule has 2 heteroatoms. The molecule has 1 saturated carbocycles. The Bertz CT molecular complexity index is 371. The molecule has 0 aliphatic heterocycles. The van der Waals surface area contributed by atoms with Gasteiger partial charge in [0.05, 0.1) is 6.61 Å². The first-order valence-electron chi connectivity index (χ1n) is 6.04. The third-order valence-corrected chi connectivity index (χ3v) is 3.07. The van der Waals surface area contributed by atoms with Crippen LogP contribution in [0.15, 0.2) is 24.3 Å². The normalized spacial score (nSPS) is 20.1. The minimum atomic E-state index is 0.376. The minimum absolute atomic E-state index is 0.376. The summed E-state index contributed by atoms with van der Waals surface area (Å²) in [6, 6.07) is 8.12. The number of benzene rings is 1. The van der Waals surface area contributed by atoms with Gasteiger partial charge < -0.3 is 4.74 Å². The molecule has 1 aliphatic carbocycles. The minimum Gasteiger partial charge on any atom is -0.493 e. The van der Waals surface area contributed by atoms with E-state index in [-0.39, 0.29) is 0 Å². The molecule has 0 N–H and O–H groups in total. The molecule has 0 bridgehead atoms. The number of rotatable bonds is 4. The predicted octanol–water partition coefficient (Wildman–Crippen LogP) is 3.31. The van der Waals surface area contributed by atoms with Gasteiger partial charge in [-0.1, -0.05) is 25.1 Å². The molecule has 0 aromatic heterocycles. The van der Waals surface area contributed by atoms with Crippen molar-refractivity contribution in [1.29, 1.82) is 0 Å². The summed E-state index contributed by atoms with van der Waals surface area (Å²) in [6.45, 7) is 2.85. The zero-order chi connectivity index (χ0) is 11.4. The fourth-order valence-electron chi connectivity index (χ4n) is 2.24. The summed E-state index contributed by atoms with van der Waals surface area (Å²) in [4.78, 5) is 11.3. The van der Waals surface area contributed by atoms with Crippen LogP contribution in [0.5, 0.6) is 5.75 Å². The zero-order valence-electron chi connectivity index (χ0n) is 9.74. The van der Waals surface area contributed by atoms with Gasteiger partial charge in [-0.2, -0.15) is 0 Å². The quantitative estimate of drug-likeness (QED) is 0.775. The molecule has 0 amide bonds. The molecule has 1 aromatic rings. The van der Waals surface area contributed by atoms with E-state index in [1.54, 1.807) is 0 Å². The van der Waals surface area contributed by atoms with Gasteiger partial charge in [-0.15, -0.1) is 0 Å². The van der Waals surface area contributed by atoms with Crippen molar-refractivity contribution in [2.75, 3.05) is 6.61 Å². The van der Waals surface area contributed by atoms with Crippen LogP contribution < -0.4 is 4.74 Å². The largest absolute Gasteiger partial charge is 0.493 e. The molecule has 0 heterocycles. The Hall–Kier alpha value is -1.31. The van der Waals surface area contributed by atoms with E-state index >= 15 is 0 Å². The van der Waals surface area contributed by atoms with Crippen LogP contribution in [0.3, 0.4) is 0 Å². The van der Waals surface area contributed by atoms with Crippen LogP contribution in [0.2, 0.25) is 0 Å². The van der Waals surface area contributed by atoms with Crippen molar-refractivity contribution in [3.05, 3.63) is 29.8 Å². The molecular formula is C14H18O2. The number of ether oxygens (including phenoxy) is 1. The number of ketones is 1. The third-order valence-electron chi connectivity index (χ3n) is 3.07. The monoisotopic (exact) mass is 218 g/mol. The summed E-state index contributed by atoms with van der Waals surface area (Å²) in [7, 11) is 0. The number of hydrogen-bond acceptors (Lipinski definition) is 2. The van der Waals surface area contributed by atoms with Gasteiger partial charge in [-0.3, -0.25) is 4.79 Å². The lowest BCUT2D eigenvalue weighted by molar-refractivity contribution is -0.117. The third kappa shape index (κ3) is 2.43.